The number of nitrogens with zero attached hydrogens (tertiary/aromatic N) is 3. The largest absolute Gasteiger partial charge is 0.416 e. The van der Waals surface area contributed by atoms with Gasteiger partial charge in [-0.3, -0.25) is 14.9 Å². The molecule has 0 N–H and O–H groups in total. The molecule has 1 heterocycles. The fraction of sp³-hybridized carbons (Fsp3) is 0.182. The maximum absolute atomic E-state index is 12.0. The number of nitro groups is 1. The second kappa shape index (κ2) is 6.02. The van der Waals surface area contributed by atoms with Crippen molar-refractivity contribution in [3.8, 4) is 0 Å². The van der Waals surface area contributed by atoms with E-state index in [1.54, 1.807) is 6.92 Å². The molecule has 0 bridgehead atoms. The van der Waals surface area contributed by atoms with Crippen molar-refractivity contribution in [2.75, 3.05) is 5.75 Å². The lowest BCUT2D eigenvalue weighted by Gasteiger charge is -2.02. The van der Waals surface area contributed by atoms with Gasteiger partial charge in [0.15, 0.2) is 5.78 Å². The number of halogens is 1. The number of carbonyl (C=O) groups excluding carboxylic acids is 1. The van der Waals surface area contributed by atoms with Crippen molar-refractivity contribution in [1.82, 2.24) is 10.2 Å². The Kier molecular flexibility index (Phi) is 4.35. The first kappa shape index (κ1) is 14.5. The molecule has 2 rings (SSSR count). The third kappa shape index (κ3) is 3.34. The van der Waals surface area contributed by atoms with Crippen LogP contribution < -0.4 is 0 Å². The van der Waals surface area contributed by atoms with Gasteiger partial charge in [-0.2, -0.15) is 0 Å². The number of ketones is 1. The number of thioether (sulfide) groups is 1. The number of non-ortho nitro benzene ring substituents is 1. The van der Waals surface area contributed by atoms with Gasteiger partial charge in [-0.15, -0.1) is 10.2 Å². The number of aromatic nitrogens is 2. The first-order chi connectivity index (χ1) is 9.47. The van der Waals surface area contributed by atoms with Crippen molar-refractivity contribution >= 4 is 34.8 Å². The lowest BCUT2D eigenvalue weighted by Crippen LogP contribution is -2.04. The van der Waals surface area contributed by atoms with Crippen LogP contribution >= 0.6 is 23.4 Å². The lowest BCUT2D eigenvalue weighted by atomic mass is 10.1. The summed E-state index contributed by atoms with van der Waals surface area (Å²) in [4.78, 5) is 22.1. The fourth-order valence-electron chi connectivity index (χ4n) is 1.38. The van der Waals surface area contributed by atoms with E-state index in [2.05, 4.69) is 10.2 Å². The fourth-order valence-corrected chi connectivity index (χ4v) is 2.29. The minimum Gasteiger partial charge on any atom is -0.416 e. The molecule has 9 heteroatoms. The molecule has 2 aromatic rings. The Morgan fingerprint density at radius 3 is 2.85 bits per heavy atom. The summed E-state index contributed by atoms with van der Waals surface area (Å²) in [6.07, 6.45) is 0. The van der Waals surface area contributed by atoms with Gasteiger partial charge < -0.3 is 4.42 Å². The summed E-state index contributed by atoms with van der Waals surface area (Å²) in [6.45, 7) is 1.64. The van der Waals surface area contributed by atoms with Crippen molar-refractivity contribution < 1.29 is 14.1 Å². The van der Waals surface area contributed by atoms with Crippen molar-refractivity contribution in [3.05, 3.63) is 44.8 Å². The van der Waals surface area contributed by atoms with Gasteiger partial charge in [0.25, 0.3) is 10.9 Å². The predicted molar refractivity (Wildman–Crippen MR) is 72.2 cm³/mol. The van der Waals surface area contributed by atoms with Gasteiger partial charge in [0, 0.05) is 24.6 Å². The van der Waals surface area contributed by atoms with E-state index in [1.165, 1.54) is 12.1 Å². The normalized spacial score (nSPS) is 10.5. The van der Waals surface area contributed by atoms with E-state index in [0.717, 1.165) is 17.8 Å². The number of Topliss-reactive ketones (excluding diaryl/α,β-unsaturated/α-hetero) is 1. The number of rotatable bonds is 5. The van der Waals surface area contributed by atoms with Gasteiger partial charge in [-0.05, 0) is 6.07 Å². The zero-order valence-corrected chi connectivity index (χ0v) is 11.8. The summed E-state index contributed by atoms with van der Waals surface area (Å²) in [5, 5.41) is 18.5. The molecule has 0 radical (unpaired) electrons. The Morgan fingerprint density at radius 1 is 1.50 bits per heavy atom. The van der Waals surface area contributed by atoms with Crippen LogP contribution in [0.3, 0.4) is 0 Å². The first-order valence-electron chi connectivity index (χ1n) is 5.37. The van der Waals surface area contributed by atoms with Gasteiger partial charge in [-0.1, -0.05) is 23.4 Å². The van der Waals surface area contributed by atoms with Crippen LogP contribution in [0, 0.1) is 17.0 Å². The number of aryl methyl sites for hydroxylation is 1. The molecule has 0 saturated carbocycles. The summed E-state index contributed by atoms with van der Waals surface area (Å²) in [6, 6.07) is 3.73. The van der Waals surface area contributed by atoms with Crippen molar-refractivity contribution in [3.63, 3.8) is 0 Å². The van der Waals surface area contributed by atoms with Crippen LogP contribution in [0.2, 0.25) is 5.02 Å². The molecule has 0 fully saturated rings. The van der Waals surface area contributed by atoms with Crippen molar-refractivity contribution in [2.24, 2.45) is 0 Å². The lowest BCUT2D eigenvalue weighted by molar-refractivity contribution is -0.384. The van der Waals surface area contributed by atoms with E-state index in [0.29, 0.717) is 5.89 Å². The molecule has 0 unspecified atom stereocenters. The molecule has 104 valence electrons. The van der Waals surface area contributed by atoms with Crippen LogP contribution in [0.4, 0.5) is 5.69 Å². The maximum atomic E-state index is 12.0. The highest BCUT2D eigenvalue weighted by Crippen LogP contribution is 2.25. The Labute approximate surface area is 122 Å². The highest BCUT2D eigenvalue weighted by atomic mass is 35.5. The average Bonchev–Trinajstić information content (AvgIpc) is 2.82. The Balaban J connectivity index is 2.12. The van der Waals surface area contributed by atoms with E-state index < -0.39 is 4.92 Å². The summed E-state index contributed by atoms with van der Waals surface area (Å²) in [5.41, 5.74) is -0.0824. The van der Waals surface area contributed by atoms with Crippen molar-refractivity contribution in [2.45, 2.75) is 12.1 Å². The third-order valence-electron chi connectivity index (χ3n) is 2.30. The van der Waals surface area contributed by atoms with Gasteiger partial charge >= 0.3 is 0 Å². The first-order valence-corrected chi connectivity index (χ1v) is 6.74. The van der Waals surface area contributed by atoms with Gasteiger partial charge in [0.1, 0.15) is 0 Å². The molecule has 1 aromatic carbocycles. The Hall–Kier alpha value is -1.93. The van der Waals surface area contributed by atoms with E-state index in [1.807, 2.05) is 0 Å². The quantitative estimate of drug-likeness (QED) is 0.362. The van der Waals surface area contributed by atoms with Crippen LogP contribution in [-0.4, -0.2) is 26.7 Å². The smallest absolute Gasteiger partial charge is 0.277 e. The maximum Gasteiger partial charge on any atom is 0.277 e. The summed E-state index contributed by atoms with van der Waals surface area (Å²) in [5.74, 6) is 0.0515. The zero-order valence-electron chi connectivity index (χ0n) is 10.2. The molecule has 1 aromatic heterocycles. The van der Waals surface area contributed by atoms with Gasteiger partial charge in [-0.25, -0.2) is 0 Å². The van der Waals surface area contributed by atoms with Crippen molar-refractivity contribution in [1.29, 1.82) is 0 Å². The number of benzene rings is 1. The van der Waals surface area contributed by atoms with Crippen LogP contribution in [-0.2, 0) is 0 Å². The highest BCUT2D eigenvalue weighted by Gasteiger charge is 2.17. The van der Waals surface area contributed by atoms with E-state index in [-0.39, 0.29) is 33.0 Å². The number of hydrogen-bond acceptors (Lipinski definition) is 7. The number of carbonyl (C=O) groups is 1. The third-order valence-corrected chi connectivity index (χ3v) is 3.44. The van der Waals surface area contributed by atoms with Crippen LogP contribution in [0.1, 0.15) is 16.2 Å². The Bertz CT molecular complexity index is 673. The molecular formula is C11H8ClN3O4S. The molecule has 0 atom stereocenters. The van der Waals surface area contributed by atoms with E-state index in [9.17, 15) is 14.9 Å². The van der Waals surface area contributed by atoms with E-state index >= 15 is 0 Å². The highest BCUT2D eigenvalue weighted by molar-refractivity contribution is 7.99. The molecule has 0 aliphatic carbocycles. The summed E-state index contributed by atoms with van der Waals surface area (Å²) < 4.78 is 5.11. The number of nitro benzene ring substituents is 1. The Morgan fingerprint density at radius 2 is 2.25 bits per heavy atom. The molecule has 0 spiro atoms. The minimum atomic E-state index is -0.582. The van der Waals surface area contributed by atoms with Gasteiger partial charge in [0.2, 0.25) is 5.89 Å². The number of hydrogen-bond donors (Lipinski definition) is 0. The minimum absolute atomic E-state index is 0.00250. The van der Waals surface area contributed by atoms with Crippen LogP contribution in [0.25, 0.3) is 0 Å². The molecule has 7 nitrogen and oxygen atoms in total. The topological polar surface area (TPSA) is 99.1 Å². The zero-order chi connectivity index (χ0) is 14.7. The molecule has 0 saturated heterocycles. The second-order valence-corrected chi connectivity index (χ2v) is 5.05. The monoisotopic (exact) mass is 313 g/mol. The summed E-state index contributed by atoms with van der Waals surface area (Å²) in [7, 11) is 0. The van der Waals surface area contributed by atoms with Crippen LogP contribution in [0.15, 0.2) is 27.8 Å². The molecule has 0 aliphatic rings. The summed E-state index contributed by atoms with van der Waals surface area (Å²) >= 11 is 6.93. The molecular weight excluding hydrogens is 306 g/mol. The van der Waals surface area contributed by atoms with Crippen LogP contribution in [0.5, 0.6) is 0 Å². The second-order valence-electron chi connectivity index (χ2n) is 3.72. The molecule has 0 aliphatic heterocycles. The standard InChI is InChI=1S/C11H8ClN3O4S/c1-6-13-14-11(19-6)20-5-10(16)8-4-7(15(17)18)2-3-9(8)12/h2-4H,5H2,1H3. The average molecular weight is 314 g/mol. The van der Waals surface area contributed by atoms with E-state index in [4.69, 9.17) is 16.0 Å². The predicted octanol–water partition coefficient (Wildman–Crippen LogP) is 2.91. The van der Waals surface area contributed by atoms with Gasteiger partial charge in [0.05, 0.1) is 15.7 Å². The molecule has 0 amide bonds. The SMILES string of the molecule is Cc1nnc(SCC(=O)c2cc([N+](=O)[O-])ccc2Cl)o1. The molecule has 20 heavy (non-hydrogen) atoms.